The molecule has 6 nitrogen and oxygen atoms in total. The highest BCUT2D eigenvalue weighted by molar-refractivity contribution is 5.98. The lowest BCUT2D eigenvalue weighted by Crippen LogP contribution is -2.09. The third-order valence-corrected chi connectivity index (χ3v) is 2.33. The van der Waals surface area contributed by atoms with Crippen molar-refractivity contribution in [2.75, 3.05) is 13.7 Å². The van der Waals surface area contributed by atoms with Gasteiger partial charge in [0.1, 0.15) is 5.69 Å². The Labute approximate surface area is 92.4 Å². The lowest BCUT2D eigenvalue weighted by molar-refractivity contribution is 0.0599. The van der Waals surface area contributed by atoms with Gasteiger partial charge in [-0.2, -0.15) is 0 Å². The second-order valence-electron chi connectivity index (χ2n) is 3.31. The lowest BCUT2D eigenvalue weighted by Gasteiger charge is -2.01. The van der Waals surface area contributed by atoms with Gasteiger partial charge in [0.15, 0.2) is 0 Å². The van der Waals surface area contributed by atoms with Crippen LogP contribution in [-0.4, -0.2) is 35.7 Å². The number of carbonyl (C=O) groups is 2. The number of aromatic amines is 1. The number of nitrogens with two attached hydrogens (primary N) is 1. The molecule has 4 N–H and O–H groups in total. The molecule has 0 fully saturated rings. The van der Waals surface area contributed by atoms with Crippen LogP contribution in [0.2, 0.25) is 0 Å². The molecule has 0 amide bonds. The summed E-state index contributed by atoms with van der Waals surface area (Å²) in [4.78, 5) is 25.1. The molecule has 1 rings (SSSR count). The first kappa shape index (κ1) is 12.3. The number of nitrogens with one attached hydrogen (secondary N) is 1. The summed E-state index contributed by atoms with van der Waals surface area (Å²) in [6.07, 6.45) is 0.401. The average molecular weight is 226 g/mol. The number of hydrogen-bond donors (Lipinski definition) is 3. The van der Waals surface area contributed by atoms with E-state index in [1.807, 2.05) is 0 Å². The first-order valence-electron chi connectivity index (χ1n) is 4.76. The molecule has 88 valence electrons. The maximum absolute atomic E-state index is 11.5. The summed E-state index contributed by atoms with van der Waals surface area (Å²) in [7, 11) is 1.25. The van der Waals surface area contributed by atoms with E-state index >= 15 is 0 Å². The number of ether oxygens (including phenoxy) is 1. The highest BCUT2D eigenvalue weighted by atomic mass is 16.5. The number of aromatic carboxylic acids is 1. The first-order valence-corrected chi connectivity index (χ1v) is 4.76. The van der Waals surface area contributed by atoms with Crippen molar-refractivity contribution in [1.82, 2.24) is 4.98 Å². The van der Waals surface area contributed by atoms with E-state index < -0.39 is 11.9 Å². The molecule has 0 aliphatic rings. The molecule has 0 saturated heterocycles. The van der Waals surface area contributed by atoms with Gasteiger partial charge in [-0.3, -0.25) is 0 Å². The summed E-state index contributed by atoms with van der Waals surface area (Å²) in [5.41, 5.74) is 6.54. The number of aromatic nitrogens is 1. The molecular weight excluding hydrogens is 212 g/mol. The Balaban J connectivity index is 3.31. The minimum atomic E-state index is -1.11. The van der Waals surface area contributed by atoms with Gasteiger partial charge in [-0.05, 0) is 19.0 Å². The van der Waals surface area contributed by atoms with Crippen LogP contribution in [0.5, 0.6) is 0 Å². The number of H-pyrrole nitrogens is 1. The molecule has 1 heterocycles. The highest BCUT2D eigenvalue weighted by Crippen LogP contribution is 2.19. The van der Waals surface area contributed by atoms with E-state index in [4.69, 9.17) is 10.8 Å². The topological polar surface area (TPSA) is 105 Å². The second kappa shape index (κ2) is 4.80. The average Bonchev–Trinajstić information content (AvgIpc) is 2.55. The van der Waals surface area contributed by atoms with E-state index in [0.29, 0.717) is 24.2 Å². The van der Waals surface area contributed by atoms with Crippen LogP contribution in [0.15, 0.2) is 0 Å². The number of rotatable bonds is 4. The molecule has 1 aromatic heterocycles. The smallest absolute Gasteiger partial charge is 0.352 e. The zero-order chi connectivity index (χ0) is 12.3. The largest absolute Gasteiger partial charge is 0.477 e. The fourth-order valence-corrected chi connectivity index (χ4v) is 1.58. The van der Waals surface area contributed by atoms with Crippen molar-refractivity contribution in [2.24, 2.45) is 5.73 Å². The van der Waals surface area contributed by atoms with Gasteiger partial charge in [-0.1, -0.05) is 0 Å². The van der Waals surface area contributed by atoms with Crippen molar-refractivity contribution in [3.05, 3.63) is 22.5 Å². The summed E-state index contributed by atoms with van der Waals surface area (Å²) >= 11 is 0. The number of methoxy groups -OCH3 is 1. The van der Waals surface area contributed by atoms with Crippen LogP contribution in [-0.2, 0) is 11.2 Å². The van der Waals surface area contributed by atoms with Gasteiger partial charge in [0.25, 0.3) is 0 Å². The van der Waals surface area contributed by atoms with Crippen LogP contribution in [0.3, 0.4) is 0 Å². The Bertz CT molecular complexity index is 423. The zero-order valence-electron chi connectivity index (χ0n) is 9.16. The minimum absolute atomic E-state index is 0.00356. The summed E-state index contributed by atoms with van der Waals surface area (Å²) < 4.78 is 4.60. The van der Waals surface area contributed by atoms with Crippen LogP contribution in [0, 0.1) is 6.92 Å². The van der Waals surface area contributed by atoms with E-state index in [9.17, 15) is 9.59 Å². The number of carboxylic acid groups (broad SMARTS) is 1. The van der Waals surface area contributed by atoms with Crippen molar-refractivity contribution in [1.29, 1.82) is 0 Å². The van der Waals surface area contributed by atoms with Crippen LogP contribution in [0.25, 0.3) is 0 Å². The number of hydrogen-bond acceptors (Lipinski definition) is 4. The Hall–Kier alpha value is -1.82. The number of esters is 1. The van der Waals surface area contributed by atoms with Crippen molar-refractivity contribution in [3.8, 4) is 0 Å². The SMILES string of the molecule is COC(=O)c1c(CCN)[nH]c(C(=O)O)c1C. The standard InChI is InChI=1S/C10H14N2O4/c1-5-7(10(15)16-2)6(3-4-11)12-8(5)9(13)14/h12H,3-4,11H2,1-2H3,(H,13,14). The Morgan fingerprint density at radius 3 is 2.56 bits per heavy atom. The van der Waals surface area contributed by atoms with Crippen molar-refractivity contribution in [3.63, 3.8) is 0 Å². The van der Waals surface area contributed by atoms with E-state index in [0.717, 1.165) is 0 Å². The molecule has 0 atom stereocenters. The van der Waals surface area contributed by atoms with Gasteiger partial charge >= 0.3 is 11.9 Å². The van der Waals surface area contributed by atoms with Crippen molar-refractivity contribution >= 4 is 11.9 Å². The Morgan fingerprint density at radius 2 is 2.12 bits per heavy atom. The Kier molecular flexibility index (Phi) is 3.68. The molecule has 0 unspecified atom stereocenters. The monoisotopic (exact) mass is 226 g/mol. The van der Waals surface area contributed by atoms with Crippen LogP contribution in [0.1, 0.15) is 32.1 Å². The van der Waals surface area contributed by atoms with Gasteiger partial charge in [0.05, 0.1) is 12.7 Å². The number of carbonyl (C=O) groups excluding carboxylic acids is 1. The van der Waals surface area contributed by atoms with Gasteiger partial charge in [0.2, 0.25) is 0 Å². The minimum Gasteiger partial charge on any atom is -0.477 e. The van der Waals surface area contributed by atoms with Gasteiger partial charge in [-0.25, -0.2) is 9.59 Å². The fraction of sp³-hybridized carbons (Fsp3) is 0.400. The lowest BCUT2D eigenvalue weighted by atomic mass is 10.1. The van der Waals surface area contributed by atoms with Crippen LogP contribution in [0.4, 0.5) is 0 Å². The first-order chi connectivity index (χ1) is 7.52. The van der Waals surface area contributed by atoms with Gasteiger partial charge < -0.3 is 20.6 Å². The predicted molar refractivity (Wildman–Crippen MR) is 56.6 cm³/mol. The molecule has 0 bridgehead atoms. The van der Waals surface area contributed by atoms with Gasteiger partial charge in [0, 0.05) is 12.1 Å². The summed E-state index contributed by atoms with van der Waals surface area (Å²) in [5, 5.41) is 8.91. The molecule has 0 aromatic carbocycles. The fourth-order valence-electron chi connectivity index (χ4n) is 1.58. The van der Waals surface area contributed by atoms with E-state index in [1.165, 1.54) is 7.11 Å². The third kappa shape index (κ3) is 2.06. The van der Waals surface area contributed by atoms with E-state index in [1.54, 1.807) is 6.92 Å². The van der Waals surface area contributed by atoms with Crippen LogP contribution < -0.4 is 5.73 Å². The quantitative estimate of drug-likeness (QED) is 0.641. The summed E-state index contributed by atoms with van der Waals surface area (Å²) in [5.74, 6) is -1.66. The second-order valence-corrected chi connectivity index (χ2v) is 3.31. The van der Waals surface area contributed by atoms with Crippen molar-refractivity contribution < 1.29 is 19.4 Å². The van der Waals surface area contributed by atoms with Crippen LogP contribution >= 0.6 is 0 Å². The molecule has 0 radical (unpaired) electrons. The van der Waals surface area contributed by atoms with Gasteiger partial charge in [-0.15, -0.1) is 0 Å². The molecule has 16 heavy (non-hydrogen) atoms. The van der Waals surface area contributed by atoms with E-state index in [-0.39, 0.29) is 11.3 Å². The van der Waals surface area contributed by atoms with Crippen molar-refractivity contribution in [2.45, 2.75) is 13.3 Å². The summed E-state index contributed by atoms with van der Waals surface area (Å²) in [6, 6.07) is 0. The molecule has 6 heteroatoms. The molecule has 1 aromatic rings. The maximum Gasteiger partial charge on any atom is 0.352 e. The molecule has 0 spiro atoms. The highest BCUT2D eigenvalue weighted by Gasteiger charge is 2.23. The summed E-state index contributed by atoms with van der Waals surface area (Å²) in [6.45, 7) is 1.88. The maximum atomic E-state index is 11.5. The van der Waals surface area contributed by atoms with E-state index in [2.05, 4.69) is 9.72 Å². The predicted octanol–water partition coefficient (Wildman–Crippen LogP) is 0.309. The Morgan fingerprint density at radius 1 is 1.50 bits per heavy atom. The zero-order valence-corrected chi connectivity index (χ0v) is 9.16. The molecule has 0 aliphatic heterocycles. The number of carboxylic acids is 1. The third-order valence-electron chi connectivity index (χ3n) is 2.33. The normalized spacial score (nSPS) is 10.2. The molecule has 0 aliphatic carbocycles. The molecular formula is C10H14N2O4. The molecule has 0 saturated carbocycles.